The maximum atomic E-state index is 13.2. The number of hydrogen-bond acceptors (Lipinski definition) is 6. The number of benzene rings is 2. The molecule has 0 spiro atoms. The molecule has 0 saturated heterocycles. The highest BCUT2D eigenvalue weighted by molar-refractivity contribution is 6.35. The second kappa shape index (κ2) is 13.9. The third kappa shape index (κ3) is 9.55. The minimum atomic E-state index is -0.920. The summed E-state index contributed by atoms with van der Waals surface area (Å²) in [5.41, 5.74) is 2.92. The Kier molecular flexibility index (Phi) is 10.9. The van der Waals surface area contributed by atoms with Crippen molar-refractivity contribution in [2.75, 3.05) is 25.1 Å². The van der Waals surface area contributed by atoms with Gasteiger partial charge in [0.15, 0.2) is 6.61 Å². The maximum Gasteiger partial charge on any atom is 0.329 e. The molecule has 0 atom stereocenters. The highest BCUT2D eigenvalue weighted by Gasteiger charge is 2.12. The first kappa shape index (κ1) is 26.7. The lowest BCUT2D eigenvalue weighted by molar-refractivity contribution is -0.139. The van der Waals surface area contributed by atoms with E-state index in [2.05, 4.69) is 21.2 Å². The van der Waals surface area contributed by atoms with Crippen LogP contribution in [-0.2, 0) is 19.1 Å². The summed E-state index contributed by atoms with van der Waals surface area (Å²) in [5.74, 6) is -2.49. The highest BCUT2D eigenvalue weighted by atomic mass is 35.5. The van der Waals surface area contributed by atoms with Crippen LogP contribution < -0.4 is 20.8 Å². The number of halogens is 2. The van der Waals surface area contributed by atoms with E-state index < -0.39 is 23.5 Å². The number of hydrogen-bond donors (Lipinski definition) is 3. The van der Waals surface area contributed by atoms with Crippen molar-refractivity contribution in [3.8, 4) is 5.75 Å². The van der Waals surface area contributed by atoms with Crippen LogP contribution in [0, 0.1) is 5.82 Å². The summed E-state index contributed by atoms with van der Waals surface area (Å²) in [6, 6.07) is 10.5. The fourth-order valence-corrected chi connectivity index (χ4v) is 2.70. The molecule has 0 bridgehead atoms. The molecule has 0 fully saturated rings. The van der Waals surface area contributed by atoms with E-state index in [0.717, 1.165) is 6.07 Å². The van der Waals surface area contributed by atoms with Crippen LogP contribution >= 0.6 is 11.6 Å². The van der Waals surface area contributed by atoms with E-state index in [4.69, 9.17) is 21.1 Å². The molecule has 0 aliphatic carbocycles. The van der Waals surface area contributed by atoms with Gasteiger partial charge in [0.25, 0.3) is 5.91 Å². The van der Waals surface area contributed by atoms with Crippen molar-refractivity contribution in [1.82, 2.24) is 10.7 Å². The van der Waals surface area contributed by atoms with Crippen LogP contribution in [0.5, 0.6) is 5.75 Å². The standard InChI is InChI=1S/C23H26ClFN4O5/c1-15(2)33-11-5-10-26-22(31)23(32)29-27-13-16-6-3-4-7-20(16)34-14-21(30)28-17-8-9-19(25)18(24)12-17/h3-4,6-9,12-13,15H,5,10-11,14H2,1-2H3,(H,26,31)(H,28,30)(H,29,32)/b27-13-. The number of nitrogens with zero attached hydrogens (tertiary/aromatic N) is 1. The monoisotopic (exact) mass is 492 g/mol. The number of amides is 3. The van der Waals surface area contributed by atoms with Crippen LogP contribution in [0.25, 0.3) is 0 Å². The number of rotatable bonds is 11. The Hall–Kier alpha value is -3.50. The molecule has 0 heterocycles. The zero-order valence-corrected chi connectivity index (χ0v) is 19.5. The molecule has 0 aromatic heterocycles. The van der Waals surface area contributed by atoms with Crippen LogP contribution in [0.1, 0.15) is 25.8 Å². The summed E-state index contributed by atoms with van der Waals surface area (Å²) in [5, 5.41) is 8.66. The average molecular weight is 493 g/mol. The highest BCUT2D eigenvalue weighted by Crippen LogP contribution is 2.20. The van der Waals surface area contributed by atoms with Gasteiger partial charge in [-0.25, -0.2) is 9.82 Å². The molecule has 2 aromatic rings. The molecule has 0 unspecified atom stereocenters. The summed E-state index contributed by atoms with van der Waals surface area (Å²) >= 11 is 5.70. The molecule has 0 saturated carbocycles. The fraction of sp³-hybridized carbons (Fsp3) is 0.304. The summed E-state index contributed by atoms with van der Waals surface area (Å²) in [6.45, 7) is 4.25. The molecule has 2 rings (SSSR count). The molecule has 2 aromatic carbocycles. The van der Waals surface area contributed by atoms with Crippen molar-refractivity contribution >= 4 is 41.2 Å². The van der Waals surface area contributed by atoms with Crippen molar-refractivity contribution in [3.05, 3.63) is 58.9 Å². The maximum absolute atomic E-state index is 13.2. The van der Waals surface area contributed by atoms with Gasteiger partial charge in [-0.3, -0.25) is 14.4 Å². The quantitative estimate of drug-likeness (QED) is 0.193. The molecule has 11 heteroatoms. The minimum absolute atomic E-state index is 0.100. The summed E-state index contributed by atoms with van der Waals surface area (Å²) in [4.78, 5) is 35.7. The SMILES string of the molecule is CC(C)OCCCNC(=O)C(=O)N/N=C\c1ccccc1OCC(=O)Nc1ccc(F)c(Cl)c1. The molecule has 0 radical (unpaired) electrons. The number of carbonyl (C=O) groups excluding carboxylic acids is 3. The van der Waals surface area contributed by atoms with Gasteiger partial charge >= 0.3 is 11.8 Å². The third-order valence-corrected chi connectivity index (χ3v) is 4.40. The Bertz CT molecular complexity index is 1030. The summed E-state index contributed by atoms with van der Waals surface area (Å²) in [6.07, 6.45) is 1.96. The second-order valence-electron chi connectivity index (χ2n) is 7.23. The summed E-state index contributed by atoms with van der Waals surface area (Å²) in [7, 11) is 0. The Balaban J connectivity index is 1.81. The minimum Gasteiger partial charge on any atom is -0.483 e. The van der Waals surface area contributed by atoms with Gasteiger partial charge in [0.1, 0.15) is 11.6 Å². The lowest BCUT2D eigenvalue weighted by Gasteiger charge is -2.10. The smallest absolute Gasteiger partial charge is 0.329 e. The van der Waals surface area contributed by atoms with Crippen molar-refractivity contribution in [3.63, 3.8) is 0 Å². The number of nitrogens with one attached hydrogen (secondary N) is 3. The van der Waals surface area contributed by atoms with Crippen LogP contribution in [0.15, 0.2) is 47.6 Å². The molecule has 0 aliphatic heterocycles. The molecular weight excluding hydrogens is 467 g/mol. The van der Waals surface area contributed by atoms with E-state index >= 15 is 0 Å². The van der Waals surface area contributed by atoms with E-state index in [0.29, 0.717) is 36.6 Å². The lowest BCUT2D eigenvalue weighted by Crippen LogP contribution is -2.38. The van der Waals surface area contributed by atoms with E-state index in [1.54, 1.807) is 24.3 Å². The van der Waals surface area contributed by atoms with Gasteiger partial charge in [-0.05, 0) is 50.6 Å². The number of para-hydroxylation sites is 1. The van der Waals surface area contributed by atoms with Gasteiger partial charge in [0.05, 0.1) is 17.3 Å². The van der Waals surface area contributed by atoms with Gasteiger partial charge in [0.2, 0.25) is 0 Å². The molecule has 0 aliphatic rings. The van der Waals surface area contributed by atoms with Gasteiger partial charge in [-0.1, -0.05) is 23.7 Å². The predicted molar refractivity (Wildman–Crippen MR) is 126 cm³/mol. The Morgan fingerprint density at radius 2 is 1.91 bits per heavy atom. The molecular formula is C23H26ClFN4O5. The van der Waals surface area contributed by atoms with E-state index in [1.807, 2.05) is 13.8 Å². The van der Waals surface area contributed by atoms with E-state index in [-0.39, 0.29) is 17.7 Å². The van der Waals surface area contributed by atoms with Crippen LogP contribution in [0.2, 0.25) is 5.02 Å². The predicted octanol–water partition coefficient (Wildman–Crippen LogP) is 2.88. The van der Waals surface area contributed by atoms with Crippen molar-refractivity contribution in [2.24, 2.45) is 5.10 Å². The number of anilines is 1. The number of ether oxygens (including phenoxy) is 2. The molecule has 34 heavy (non-hydrogen) atoms. The Morgan fingerprint density at radius 3 is 2.65 bits per heavy atom. The molecule has 9 nitrogen and oxygen atoms in total. The van der Waals surface area contributed by atoms with Gasteiger partial charge in [-0.2, -0.15) is 5.10 Å². The zero-order chi connectivity index (χ0) is 24.9. The second-order valence-corrected chi connectivity index (χ2v) is 7.64. The van der Waals surface area contributed by atoms with E-state index in [9.17, 15) is 18.8 Å². The Labute approximate surface area is 201 Å². The van der Waals surface area contributed by atoms with Crippen molar-refractivity contribution < 1.29 is 28.2 Å². The third-order valence-electron chi connectivity index (χ3n) is 4.11. The fourth-order valence-electron chi connectivity index (χ4n) is 2.52. The van der Waals surface area contributed by atoms with Crippen molar-refractivity contribution in [1.29, 1.82) is 0 Å². The first-order valence-corrected chi connectivity index (χ1v) is 10.8. The zero-order valence-electron chi connectivity index (χ0n) is 18.8. The normalized spacial score (nSPS) is 10.9. The van der Waals surface area contributed by atoms with Gasteiger partial charge in [0, 0.05) is 24.4 Å². The van der Waals surface area contributed by atoms with E-state index in [1.165, 1.54) is 18.3 Å². The number of carbonyl (C=O) groups is 3. The lowest BCUT2D eigenvalue weighted by atomic mass is 10.2. The van der Waals surface area contributed by atoms with Gasteiger partial charge in [-0.15, -0.1) is 0 Å². The van der Waals surface area contributed by atoms with Crippen molar-refractivity contribution in [2.45, 2.75) is 26.4 Å². The summed E-state index contributed by atoms with van der Waals surface area (Å²) < 4.78 is 24.1. The first-order valence-electron chi connectivity index (χ1n) is 10.5. The number of hydrazone groups is 1. The first-order chi connectivity index (χ1) is 16.3. The van der Waals surface area contributed by atoms with Crippen LogP contribution in [-0.4, -0.2) is 49.8 Å². The average Bonchev–Trinajstić information content (AvgIpc) is 2.80. The van der Waals surface area contributed by atoms with Crippen LogP contribution in [0.4, 0.5) is 10.1 Å². The van der Waals surface area contributed by atoms with Crippen LogP contribution in [0.3, 0.4) is 0 Å². The molecule has 3 N–H and O–H groups in total. The largest absolute Gasteiger partial charge is 0.483 e. The van der Waals surface area contributed by atoms with Gasteiger partial charge < -0.3 is 20.1 Å². The molecule has 182 valence electrons. The Morgan fingerprint density at radius 1 is 1.15 bits per heavy atom. The topological polar surface area (TPSA) is 118 Å². The molecule has 3 amide bonds.